The highest BCUT2D eigenvalue weighted by molar-refractivity contribution is 5.69. The minimum atomic E-state index is -0.421. The lowest BCUT2D eigenvalue weighted by molar-refractivity contribution is -0.109. The van der Waals surface area contributed by atoms with Gasteiger partial charge in [0.05, 0.1) is 0 Å². The maximum absolute atomic E-state index is 12.8. The lowest BCUT2D eigenvalue weighted by Gasteiger charge is -2.18. The van der Waals surface area contributed by atoms with Crippen LogP contribution in [0.1, 0.15) is 17.2 Å². The molecule has 13 heavy (non-hydrogen) atoms. The van der Waals surface area contributed by atoms with Crippen molar-refractivity contribution in [2.24, 2.45) is 0 Å². The van der Waals surface area contributed by atoms with Crippen molar-refractivity contribution >= 4 is 12.4 Å². The zero-order valence-corrected chi connectivity index (χ0v) is 6.83. The van der Waals surface area contributed by atoms with Crippen molar-refractivity contribution in [1.82, 2.24) is 5.32 Å². The maximum Gasteiger partial charge on any atom is 0.146 e. The predicted octanol–water partition coefficient (Wildman–Crippen LogP) is 1.64. The zero-order valence-electron chi connectivity index (χ0n) is 6.83. The fourth-order valence-electron chi connectivity index (χ4n) is 1.41. The molecule has 0 spiro atoms. The molecule has 2 nitrogen and oxygen atoms in total. The summed E-state index contributed by atoms with van der Waals surface area (Å²) in [6, 6.07) is 4.01. The molecule has 3 heteroatoms. The van der Waals surface area contributed by atoms with Crippen LogP contribution in [0, 0.1) is 5.82 Å². The fraction of sp³-hybridized carbons (Fsp3) is 0.100. The van der Waals surface area contributed by atoms with Crippen LogP contribution in [0.5, 0.6) is 0 Å². The Kier molecular flexibility index (Phi) is 1.85. The summed E-state index contributed by atoms with van der Waals surface area (Å²) >= 11 is 0. The fourth-order valence-corrected chi connectivity index (χ4v) is 1.41. The number of carbonyl (C=O) groups excluding carboxylic acids is 1. The molecule has 1 aliphatic rings. The Balaban J connectivity index is 2.54. The van der Waals surface area contributed by atoms with Crippen molar-refractivity contribution in [2.45, 2.75) is 6.04 Å². The van der Waals surface area contributed by atoms with Crippen molar-refractivity contribution in [1.29, 1.82) is 0 Å². The van der Waals surface area contributed by atoms with E-state index >= 15 is 0 Å². The Hall–Kier alpha value is -1.64. The van der Waals surface area contributed by atoms with E-state index in [4.69, 9.17) is 0 Å². The third-order valence-electron chi connectivity index (χ3n) is 2.06. The lowest BCUT2D eigenvalue weighted by Crippen LogP contribution is -2.20. The molecule has 1 aromatic rings. The second-order valence-corrected chi connectivity index (χ2v) is 2.89. The van der Waals surface area contributed by atoms with Crippen molar-refractivity contribution in [2.75, 3.05) is 0 Å². The van der Waals surface area contributed by atoms with E-state index in [9.17, 15) is 9.18 Å². The van der Waals surface area contributed by atoms with Gasteiger partial charge >= 0.3 is 0 Å². The van der Waals surface area contributed by atoms with E-state index in [0.29, 0.717) is 5.56 Å². The molecule has 1 atom stereocenters. The van der Waals surface area contributed by atoms with Gasteiger partial charge in [-0.1, -0.05) is 6.07 Å². The quantitative estimate of drug-likeness (QED) is 0.661. The van der Waals surface area contributed by atoms with Crippen LogP contribution in [0.15, 0.2) is 24.4 Å². The average Bonchev–Trinajstić information content (AvgIpc) is 2.17. The third-order valence-corrected chi connectivity index (χ3v) is 2.06. The number of aldehydes is 1. The van der Waals surface area contributed by atoms with Gasteiger partial charge < -0.3 is 10.1 Å². The molecule has 66 valence electrons. The van der Waals surface area contributed by atoms with Crippen LogP contribution < -0.4 is 5.32 Å². The minimum absolute atomic E-state index is 0.317. The highest BCUT2D eigenvalue weighted by Gasteiger charge is 2.15. The topological polar surface area (TPSA) is 29.1 Å². The summed E-state index contributed by atoms with van der Waals surface area (Å²) in [5, 5.41) is 2.84. The minimum Gasteiger partial charge on any atom is -0.378 e. The molecule has 0 amide bonds. The number of fused-ring (bicyclic) bond motifs is 1. The first-order valence-corrected chi connectivity index (χ1v) is 3.98. The molecule has 0 saturated heterocycles. The molecular formula is C10H8FNO. The van der Waals surface area contributed by atoms with E-state index in [1.54, 1.807) is 12.3 Å². The van der Waals surface area contributed by atoms with Crippen LogP contribution >= 0.6 is 0 Å². The molecule has 1 N–H and O–H groups in total. The van der Waals surface area contributed by atoms with Gasteiger partial charge in [-0.3, -0.25) is 0 Å². The van der Waals surface area contributed by atoms with Crippen LogP contribution in [-0.2, 0) is 4.79 Å². The van der Waals surface area contributed by atoms with E-state index < -0.39 is 6.04 Å². The summed E-state index contributed by atoms with van der Waals surface area (Å²) in [7, 11) is 0. The number of nitrogens with one attached hydrogen (secondary N) is 1. The van der Waals surface area contributed by atoms with Gasteiger partial charge in [-0.25, -0.2) is 4.39 Å². The molecule has 0 radical (unpaired) electrons. The molecule has 0 saturated carbocycles. The highest BCUT2D eigenvalue weighted by atomic mass is 19.1. The Morgan fingerprint density at radius 2 is 2.31 bits per heavy atom. The monoisotopic (exact) mass is 177 g/mol. The first-order chi connectivity index (χ1) is 6.31. The van der Waals surface area contributed by atoms with E-state index in [-0.39, 0.29) is 5.82 Å². The average molecular weight is 177 g/mol. The summed E-state index contributed by atoms with van der Waals surface area (Å²) < 4.78 is 12.8. The molecule has 0 aromatic heterocycles. The maximum atomic E-state index is 12.8. The molecule has 1 unspecified atom stereocenters. The van der Waals surface area contributed by atoms with Gasteiger partial charge in [0.25, 0.3) is 0 Å². The van der Waals surface area contributed by atoms with E-state index in [1.807, 2.05) is 6.08 Å². The summed E-state index contributed by atoms with van der Waals surface area (Å²) in [6.45, 7) is 0. The first kappa shape index (κ1) is 7.98. The molecule has 1 aromatic carbocycles. The molecule has 2 rings (SSSR count). The van der Waals surface area contributed by atoms with E-state index in [1.165, 1.54) is 12.1 Å². The highest BCUT2D eigenvalue weighted by Crippen LogP contribution is 2.22. The summed E-state index contributed by atoms with van der Waals surface area (Å²) in [5.41, 5.74) is 1.58. The van der Waals surface area contributed by atoms with Crippen molar-refractivity contribution in [3.8, 4) is 0 Å². The number of rotatable bonds is 1. The molecule has 0 bridgehead atoms. The van der Waals surface area contributed by atoms with Gasteiger partial charge in [-0.05, 0) is 35.5 Å². The Bertz CT molecular complexity index is 373. The van der Waals surface area contributed by atoms with Gasteiger partial charge in [-0.2, -0.15) is 0 Å². The van der Waals surface area contributed by atoms with Gasteiger partial charge in [0.2, 0.25) is 0 Å². The molecule has 1 heterocycles. The second-order valence-electron chi connectivity index (χ2n) is 2.89. The number of hydrogen-bond donors (Lipinski definition) is 1. The normalized spacial score (nSPS) is 19.0. The van der Waals surface area contributed by atoms with Crippen LogP contribution in [0.3, 0.4) is 0 Å². The summed E-state index contributed by atoms with van der Waals surface area (Å²) in [5.74, 6) is -0.317. The van der Waals surface area contributed by atoms with Crippen molar-refractivity contribution in [3.63, 3.8) is 0 Å². The summed E-state index contributed by atoms with van der Waals surface area (Å²) in [4.78, 5) is 10.6. The van der Waals surface area contributed by atoms with Crippen LogP contribution in [-0.4, -0.2) is 6.29 Å². The first-order valence-electron chi connectivity index (χ1n) is 3.98. The largest absolute Gasteiger partial charge is 0.378 e. The number of hydrogen-bond acceptors (Lipinski definition) is 2. The standard InChI is InChI=1S/C10H8FNO/c11-8-2-1-7-3-4-12-10(6-13)9(7)5-8/h1-6,10,12H. The number of benzene rings is 1. The van der Waals surface area contributed by atoms with Crippen LogP contribution in [0.25, 0.3) is 6.08 Å². The molecule has 0 fully saturated rings. The zero-order chi connectivity index (χ0) is 9.26. The molecule has 1 aliphatic heterocycles. The number of carbonyl (C=O) groups is 1. The van der Waals surface area contributed by atoms with Gasteiger partial charge in [0.1, 0.15) is 18.1 Å². The third kappa shape index (κ3) is 1.33. The summed E-state index contributed by atoms with van der Waals surface area (Å²) in [6.07, 6.45) is 4.27. The van der Waals surface area contributed by atoms with Crippen LogP contribution in [0.2, 0.25) is 0 Å². The lowest BCUT2D eigenvalue weighted by atomic mass is 9.99. The predicted molar refractivity (Wildman–Crippen MR) is 47.4 cm³/mol. The van der Waals surface area contributed by atoms with Gasteiger partial charge in [0, 0.05) is 0 Å². The second kappa shape index (κ2) is 3.01. The Morgan fingerprint density at radius 3 is 3.08 bits per heavy atom. The Labute approximate surface area is 75.1 Å². The SMILES string of the molecule is O=CC1NC=Cc2ccc(F)cc21. The molecule has 0 aliphatic carbocycles. The Morgan fingerprint density at radius 1 is 1.46 bits per heavy atom. The van der Waals surface area contributed by atoms with Gasteiger partial charge in [-0.15, -0.1) is 0 Å². The van der Waals surface area contributed by atoms with Crippen molar-refractivity contribution < 1.29 is 9.18 Å². The van der Waals surface area contributed by atoms with Gasteiger partial charge in [0.15, 0.2) is 0 Å². The van der Waals surface area contributed by atoms with E-state index in [0.717, 1.165) is 11.8 Å². The van der Waals surface area contributed by atoms with E-state index in [2.05, 4.69) is 5.32 Å². The molecular weight excluding hydrogens is 169 g/mol. The smallest absolute Gasteiger partial charge is 0.146 e. The van der Waals surface area contributed by atoms with Crippen molar-refractivity contribution in [3.05, 3.63) is 41.3 Å². The van der Waals surface area contributed by atoms with Crippen LogP contribution in [0.4, 0.5) is 4.39 Å². The number of halogens is 1.